The molecule has 0 N–H and O–H groups in total. The largest absolute Gasteiger partial charge is 0.466 e. The molecule has 2 fully saturated rings. The van der Waals surface area contributed by atoms with Gasteiger partial charge in [-0.1, -0.05) is 31.2 Å². The molecule has 0 aromatic heterocycles. The number of carbonyl (C=O) groups is 1. The number of hydrogen-bond acceptors (Lipinski definition) is 3. The number of methoxy groups -OCH3 is 1. The predicted octanol–water partition coefficient (Wildman–Crippen LogP) is 4.77. The molecule has 3 nitrogen and oxygen atoms in total. The van der Waals surface area contributed by atoms with Gasteiger partial charge in [0.25, 0.3) is 0 Å². The average molecular weight is 356 g/mol. The summed E-state index contributed by atoms with van der Waals surface area (Å²) in [4.78, 5) is 13.6. The summed E-state index contributed by atoms with van der Waals surface area (Å²) in [6, 6.07) is 8.44. The minimum absolute atomic E-state index is 0.319. The Labute approximate surface area is 158 Å². The van der Waals surface area contributed by atoms with Gasteiger partial charge in [0.1, 0.15) is 0 Å². The maximum absolute atomic E-state index is 11.2. The molecule has 26 heavy (non-hydrogen) atoms. The van der Waals surface area contributed by atoms with Crippen molar-refractivity contribution in [3.8, 4) is 0 Å². The first-order valence-corrected chi connectivity index (χ1v) is 10.0. The molecule has 0 spiro atoms. The lowest BCUT2D eigenvalue weighted by molar-refractivity contribution is -0.134. The zero-order valence-electron chi connectivity index (χ0n) is 16.5. The topological polar surface area (TPSA) is 29.5 Å². The molecule has 1 aromatic rings. The SMILES string of the molecule is COC(=O)/C=C/c1ccc(CN(C)CC2CC3CC(C)CC(C3)C2)cc1. The fraction of sp³-hybridized carbons (Fsp3) is 0.609. The first kappa shape index (κ1) is 19.2. The average Bonchev–Trinajstić information content (AvgIpc) is 2.59. The Morgan fingerprint density at radius 1 is 1.12 bits per heavy atom. The van der Waals surface area contributed by atoms with Crippen molar-refractivity contribution in [2.45, 2.75) is 45.6 Å². The van der Waals surface area contributed by atoms with Crippen LogP contribution in [0.25, 0.3) is 6.08 Å². The maximum atomic E-state index is 11.2. The Hall–Kier alpha value is -1.61. The number of hydrogen-bond donors (Lipinski definition) is 0. The van der Waals surface area contributed by atoms with Crippen LogP contribution in [-0.2, 0) is 16.1 Å². The van der Waals surface area contributed by atoms with E-state index in [1.165, 1.54) is 57.4 Å². The highest BCUT2D eigenvalue weighted by Gasteiger charge is 2.34. The standard InChI is InChI=1S/C23H33NO2/c1-17-10-20-12-21(11-17)14-22(13-20)16-24(2)15-19-6-4-18(5-7-19)8-9-23(25)26-3/h4-9,17,20-22H,10-16H2,1-3H3/b9-8+. The van der Waals surface area contributed by atoms with E-state index in [-0.39, 0.29) is 5.97 Å². The van der Waals surface area contributed by atoms with Gasteiger partial charge < -0.3 is 9.64 Å². The van der Waals surface area contributed by atoms with Crippen molar-refractivity contribution in [1.82, 2.24) is 4.90 Å². The van der Waals surface area contributed by atoms with Gasteiger partial charge in [-0.05, 0) is 80.0 Å². The van der Waals surface area contributed by atoms with E-state index in [0.717, 1.165) is 35.8 Å². The minimum atomic E-state index is -0.319. The third-order valence-corrected chi connectivity index (χ3v) is 6.09. The van der Waals surface area contributed by atoms with Gasteiger partial charge in [0.2, 0.25) is 0 Å². The van der Waals surface area contributed by atoms with E-state index in [1.807, 2.05) is 0 Å². The van der Waals surface area contributed by atoms with Gasteiger partial charge in [0.15, 0.2) is 0 Å². The number of esters is 1. The van der Waals surface area contributed by atoms with Crippen LogP contribution in [0.5, 0.6) is 0 Å². The van der Waals surface area contributed by atoms with Crippen molar-refractivity contribution >= 4 is 12.0 Å². The van der Waals surface area contributed by atoms with Gasteiger partial charge in [0, 0.05) is 19.2 Å². The van der Waals surface area contributed by atoms with Crippen molar-refractivity contribution in [3.63, 3.8) is 0 Å². The zero-order valence-corrected chi connectivity index (χ0v) is 16.5. The normalized spacial score (nSPS) is 28.5. The van der Waals surface area contributed by atoms with Gasteiger partial charge in [-0.25, -0.2) is 4.79 Å². The highest BCUT2D eigenvalue weighted by Crippen LogP contribution is 2.44. The summed E-state index contributed by atoms with van der Waals surface area (Å²) in [5.41, 5.74) is 2.35. The third kappa shape index (κ3) is 5.44. The first-order valence-electron chi connectivity index (χ1n) is 10.0. The van der Waals surface area contributed by atoms with E-state index in [9.17, 15) is 4.79 Å². The monoisotopic (exact) mass is 355 g/mol. The summed E-state index contributed by atoms with van der Waals surface area (Å²) in [6.45, 7) is 4.64. The lowest BCUT2D eigenvalue weighted by Gasteiger charge is -2.42. The Bertz CT molecular complexity index is 604. The Morgan fingerprint density at radius 3 is 2.38 bits per heavy atom. The fourth-order valence-electron chi connectivity index (χ4n) is 5.25. The van der Waals surface area contributed by atoms with Crippen molar-refractivity contribution in [3.05, 3.63) is 41.5 Å². The Morgan fingerprint density at radius 2 is 1.77 bits per heavy atom. The molecule has 2 aliphatic carbocycles. The molecule has 0 amide bonds. The van der Waals surface area contributed by atoms with E-state index >= 15 is 0 Å². The van der Waals surface area contributed by atoms with Gasteiger partial charge >= 0.3 is 5.97 Å². The fourth-order valence-corrected chi connectivity index (χ4v) is 5.25. The second-order valence-corrected chi connectivity index (χ2v) is 8.68. The highest BCUT2D eigenvalue weighted by atomic mass is 16.5. The van der Waals surface area contributed by atoms with Crippen LogP contribution in [0.1, 0.15) is 50.2 Å². The molecular formula is C23H33NO2. The van der Waals surface area contributed by atoms with Crippen LogP contribution >= 0.6 is 0 Å². The number of benzene rings is 1. The molecule has 2 unspecified atom stereocenters. The van der Waals surface area contributed by atoms with Gasteiger partial charge in [-0.3, -0.25) is 0 Å². The molecule has 0 saturated heterocycles. The Kier molecular flexibility index (Phi) is 6.53. The highest BCUT2D eigenvalue weighted by molar-refractivity contribution is 5.86. The number of rotatable bonds is 6. The smallest absolute Gasteiger partial charge is 0.330 e. The number of carbonyl (C=O) groups excluding carboxylic acids is 1. The molecule has 2 saturated carbocycles. The van der Waals surface area contributed by atoms with Crippen LogP contribution < -0.4 is 0 Å². The lowest BCUT2D eigenvalue weighted by Crippen LogP contribution is -2.35. The van der Waals surface area contributed by atoms with E-state index < -0.39 is 0 Å². The Balaban J connectivity index is 1.48. The number of nitrogens with zero attached hydrogens (tertiary/aromatic N) is 1. The maximum Gasteiger partial charge on any atom is 0.330 e. The minimum Gasteiger partial charge on any atom is -0.466 e. The quantitative estimate of drug-likeness (QED) is 0.544. The number of fused-ring (bicyclic) bond motifs is 2. The molecule has 0 heterocycles. The summed E-state index contributed by atoms with van der Waals surface area (Å²) in [5, 5.41) is 0. The molecule has 3 heteroatoms. The van der Waals surface area contributed by atoms with Crippen molar-refractivity contribution in [2.24, 2.45) is 23.7 Å². The summed E-state index contributed by atoms with van der Waals surface area (Å²) < 4.78 is 4.62. The van der Waals surface area contributed by atoms with E-state index in [1.54, 1.807) is 6.08 Å². The van der Waals surface area contributed by atoms with Gasteiger partial charge in [-0.15, -0.1) is 0 Å². The van der Waals surface area contributed by atoms with Crippen LogP contribution in [0.15, 0.2) is 30.3 Å². The van der Waals surface area contributed by atoms with Crippen LogP contribution in [-0.4, -0.2) is 31.6 Å². The molecule has 142 valence electrons. The zero-order chi connectivity index (χ0) is 18.5. The van der Waals surface area contributed by atoms with Crippen LogP contribution in [0, 0.1) is 23.7 Å². The van der Waals surface area contributed by atoms with Crippen molar-refractivity contribution < 1.29 is 9.53 Å². The molecule has 1 aromatic carbocycles. The van der Waals surface area contributed by atoms with Crippen molar-refractivity contribution in [2.75, 3.05) is 20.7 Å². The molecular weight excluding hydrogens is 322 g/mol. The van der Waals surface area contributed by atoms with Crippen LogP contribution in [0.3, 0.4) is 0 Å². The number of ether oxygens (including phenoxy) is 1. The third-order valence-electron chi connectivity index (χ3n) is 6.09. The summed E-state index contributed by atoms with van der Waals surface area (Å²) >= 11 is 0. The summed E-state index contributed by atoms with van der Waals surface area (Å²) in [7, 11) is 3.64. The molecule has 0 radical (unpaired) electrons. The first-order chi connectivity index (χ1) is 12.5. The second-order valence-electron chi connectivity index (χ2n) is 8.68. The van der Waals surface area contributed by atoms with E-state index in [0.29, 0.717) is 0 Å². The van der Waals surface area contributed by atoms with Crippen LogP contribution in [0.2, 0.25) is 0 Å². The van der Waals surface area contributed by atoms with Gasteiger partial charge in [-0.2, -0.15) is 0 Å². The second kappa shape index (κ2) is 8.85. The lowest BCUT2D eigenvalue weighted by atomic mass is 9.65. The molecule has 2 aliphatic rings. The summed E-state index contributed by atoms with van der Waals surface area (Å²) in [6.07, 6.45) is 10.5. The predicted molar refractivity (Wildman–Crippen MR) is 107 cm³/mol. The van der Waals surface area contributed by atoms with E-state index in [4.69, 9.17) is 0 Å². The molecule has 0 aliphatic heterocycles. The van der Waals surface area contributed by atoms with Gasteiger partial charge in [0.05, 0.1) is 7.11 Å². The summed E-state index contributed by atoms with van der Waals surface area (Å²) in [5.74, 6) is 3.47. The van der Waals surface area contributed by atoms with Crippen LogP contribution in [0.4, 0.5) is 0 Å². The molecule has 2 bridgehead atoms. The van der Waals surface area contributed by atoms with E-state index in [2.05, 4.69) is 47.9 Å². The van der Waals surface area contributed by atoms with Crippen molar-refractivity contribution in [1.29, 1.82) is 0 Å². The molecule has 2 atom stereocenters. The molecule has 3 rings (SSSR count).